The molecule has 0 aromatic heterocycles. The van der Waals surface area contributed by atoms with Crippen LogP contribution < -0.4 is 10.6 Å². The minimum atomic E-state index is -0.112. The first-order chi connectivity index (χ1) is 9.76. The second-order valence-corrected chi connectivity index (χ2v) is 5.38. The van der Waals surface area contributed by atoms with Crippen molar-refractivity contribution < 1.29 is 9.84 Å². The summed E-state index contributed by atoms with van der Waals surface area (Å²) in [5.41, 5.74) is 0. The first-order valence-electron chi connectivity index (χ1n) is 8.06. The van der Waals surface area contributed by atoms with Crippen LogP contribution in [0.2, 0.25) is 0 Å². The number of hydrogen-bond donors (Lipinski definition) is 3. The predicted molar refractivity (Wildman–Crippen MR) is 98.5 cm³/mol. The fourth-order valence-electron chi connectivity index (χ4n) is 2.30. The third kappa shape index (κ3) is 10.3. The molecule has 1 saturated carbocycles. The van der Waals surface area contributed by atoms with Gasteiger partial charge in [0, 0.05) is 19.2 Å². The number of rotatable bonds is 8. The number of aliphatic hydroxyl groups excluding tert-OH is 1. The lowest BCUT2D eigenvalue weighted by Crippen LogP contribution is -2.45. The Morgan fingerprint density at radius 3 is 2.52 bits per heavy atom. The molecule has 5 nitrogen and oxygen atoms in total. The quantitative estimate of drug-likeness (QED) is 0.247. The minimum Gasteiger partial charge on any atom is -0.393 e. The molecule has 0 saturated heterocycles. The zero-order valence-electron chi connectivity index (χ0n) is 13.4. The maximum absolute atomic E-state index is 9.52. The van der Waals surface area contributed by atoms with Gasteiger partial charge < -0.3 is 20.5 Å². The Kier molecular flexibility index (Phi) is 13.5. The maximum Gasteiger partial charge on any atom is 0.191 e. The second-order valence-electron chi connectivity index (χ2n) is 5.38. The van der Waals surface area contributed by atoms with E-state index in [1.807, 2.05) is 0 Å². The van der Waals surface area contributed by atoms with E-state index in [0.717, 1.165) is 51.2 Å². The third-order valence-electron chi connectivity index (χ3n) is 3.53. The summed E-state index contributed by atoms with van der Waals surface area (Å²) in [4.78, 5) is 4.53. The number of aliphatic imine (C=N–C) groups is 1. The minimum absolute atomic E-state index is 0. The average molecular weight is 413 g/mol. The van der Waals surface area contributed by atoms with E-state index in [1.54, 1.807) is 0 Å². The molecule has 0 unspecified atom stereocenters. The second kappa shape index (κ2) is 13.6. The Bertz CT molecular complexity index is 270. The molecule has 3 N–H and O–H groups in total. The number of aliphatic hydroxyl groups is 1. The summed E-state index contributed by atoms with van der Waals surface area (Å²) in [7, 11) is 0. The van der Waals surface area contributed by atoms with E-state index in [-0.39, 0.29) is 30.1 Å². The van der Waals surface area contributed by atoms with E-state index in [9.17, 15) is 5.11 Å². The lowest BCUT2D eigenvalue weighted by molar-refractivity contribution is 0.120. The van der Waals surface area contributed by atoms with Crippen LogP contribution in [-0.2, 0) is 4.74 Å². The molecule has 0 aliphatic heterocycles. The normalized spacial score (nSPS) is 22.5. The largest absolute Gasteiger partial charge is 0.393 e. The van der Waals surface area contributed by atoms with Crippen molar-refractivity contribution >= 4 is 29.9 Å². The molecule has 1 rings (SSSR count). The third-order valence-corrected chi connectivity index (χ3v) is 3.53. The average Bonchev–Trinajstić information content (AvgIpc) is 2.45. The molecule has 6 heteroatoms. The Morgan fingerprint density at radius 1 is 1.19 bits per heavy atom. The van der Waals surface area contributed by atoms with Gasteiger partial charge in [-0.15, -0.1) is 24.0 Å². The number of guanidine groups is 1. The lowest BCUT2D eigenvalue weighted by Gasteiger charge is -2.27. The molecular formula is C15H32IN3O2. The summed E-state index contributed by atoms with van der Waals surface area (Å²) in [6.07, 6.45) is 5.97. The van der Waals surface area contributed by atoms with E-state index in [2.05, 4.69) is 29.5 Å². The van der Waals surface area contributed by atoms with Gasteiger partial charge in [-0.3, -0.25) is 4.99 Å². The molecule has 0 atom stereocenters. The van der Waals surface area contributed by atoms with Crippen LogP contribution in [0.5, 0.6) is 0 Å². The highest BCUT2D eigenvalue weighted by Crippen LogP contribution is 2.18. The van der Waals surface area contributed by atoms with Gasteiger partial charge in [-0.05, 0) is 39.0 Å². The van der Waals surface area contributed by atoms with Gasteiger partial charge in [0.05, 0.1) is 19.3 Å². The maximum atomic E-state index is 9.52. The summed E-state index contributed by atoms with van der Waals surface area (Å²) in [6, 6.07) is 0.428. The Labute approximate surface area is 146 Å². The highest BCUT2D eigenvalue weighted by molar-refractivity contribution is 14.0. The van der Waals surface area contributed by atoms with Crippen LogP contribution in [0.3, 0.4) is 0 Å². The van der Waals surface area contributed by atoms with E-state index >= 15 is 0 Å². The summed E-state index contributed by atoms with van der Waals surface area (Å²) in [6.45, 7) is 7.29. The number of unbranched alkanes of at least 4 members (excludes halogenated alkanes) is 1. The SMILES string of the molecule is CCCCOCCN=C(NCC)NC1CCC(O)CC1.I. The summed E-state index contributed by atoms with van der Waals surface area (Å²) >= 11 is 0. The summed E-state index contributed by atoms with van der Waals surface area (Å²) < 4.78 is 5.51. The van der Waals surface area contributed by atoms with Crippen LogP contribution in [-0.4, -0.2) is 49.5 Å². The van der Waals surface area contributed by atoms with Gasteiger partial charge in [-0.25, -0.2) is 0 Å². The van der Waals surface area contributed by atoms with Crippen molar-refractivity contribution in [3.05, 3.63) is 0 Å². The predicted octanol–water partition coefficient (Wildman–Crippen LogP) is 2.28. The van der Waals surface area contributed by atoms with Gasteiger partial charge in [0.25, 0.3) is 0 Å². The summed E-state index contributed by atoms with van der Waals surface area (Å²) in [5.74, 6) is 0.869. The van der Waals surface area contributed by atoms with Crippen LogP contribution in [0.1, 0.15) is 52.4 Å². The molecule has 1 fully saturated rings. The van der Waals surface area contributed by atoms with Crippen LogP contribution in [0.4, 0.5) is 0 Å². The molecule has 0 radical (unpaired) electrons. The highest BCUT2D eigenvalue weighted by Gasteiger charge is 2.19. The Hall–Kier alpha value is -0.0800. The smallest absolute Gasteiger partial charge is 0.191 e. The van der Waals surface area contributed by atoms with Crippen molar-refractivity contribution in [3.63, 3.8) is 0 Å². The highest BCUT2D eigenvalue weighted by atomic mass is 127. The van der Waals surface area contributed by atoms with Crippen LogP contribution in [0, 0.1) is 0 Å². The molecule has 0 aromatic carbocycles. The standard InChI is InChI=1S/C15H31N3O2.HI/c1-3-5-11-20-12-10-17-15(16-4-2)18-13-6-8-14(19)9-7-13;/h13-14,19H,3-12H2,1-2H3,(H2,16,17,18);1H. The zero-order valence-corrected chi connectivity index (χ0v) is 15.8. The lowest BCUT2D eigenvalue weighted by atomic mass is 9.93. The van der Waals surface area contributed by atoms with Gasteiger partial charge in [0.1, 0.15) is 0 Å². The molecule has 126 valence electrons. The van der Waals surface area contributed by atoms with Gasteiger partial charge in [-0.1, -0.05) is 13.3 Å². The van der Waals surface area contributed by atoms with Crippen molar-refractivity contribution in [2.24, 2.45) is 4.99 Å². The van der Waals surface area contributed by atoms with Gasteiger partial charge in [0.2, 0.25) is 0 Å². The molecule has 1 aliphatic carbocycles. The zero-order chi connectivity index (χ0) is 14.6. The van der Waals surface area contributed by atoms with Crippen LogP contribution in [0.15, 0.2) is 4.99 Å². The summed E-state index contributed by atoms with van der Waals surface area (Å²) in [5, 5.41) is 16.2. The number of ether oxygens (including phenoxy) is 1. The molecule has 0 heterocycles. The van der Waals surface area contributed by atoms with Crippen molar-refractivity contribution in [1.82, 2.24) is 10.6 Å². The Balaban J connectivity index is 0.00000400. The van der Waals surface area contributed by atoms with Gasteiger partial charge in [-0.2, -0.15) is 0 Å². The van der Waals surface area contributed by atoms with Crippen molar-refractivity contribution in [3.8, 4) is 0 Å². The monoisotopic (exact) mass is 413 g/mol. The van der Waals surface area contributed by atoms with Gasteiger partial charge in [0.15, 0.2) is 5.96 Å². The van der Waals surface area contributed by atoms with Crippen molar-refractivity contribution in [2.75, 3.05) is 26.3 Å². The van der Waals surface area contributed by atoms with E-state index < -0.39 is 0 Å². The van der Waals surface area contributed by atoms with E-state index in [1.165, 1.54) is 6.42 Å². The fraction of sp³-hybridized carbons (Fsp3) is 0.933. The van der Waals surface area contributed by atoms with Gasteiger partial charge >= 0.3 is 0 Å². The fourth-order valence-corrected chi connectivity index (χ4v) is 2.30. The molecule has 0 amide bonds. The Morgan fingerprint density at radius 2 is 1.90 bits per heavy atom. The molecule has 0 bridgehead atoms. The number of nitrogens with one attached hydrogen (secondary N) is 2. The molecule has 21 heavy (non-hydrogen) atoms. The first-order valence-corrected chi connectivity index (χ1v) is 8.06. The molecule has 0 spiro atoms. The molecular weight excluding hydrogens is 381 g/mol. The topological polar surface area (TPSA) is 65.9 Å². The molecule has 0 aromatic rings. The number of hydrogen-bond acceptors (Lipinski definition) is 3. The van der Waals surface area contributed by atoms with Crippen LogP contribution >= 0.6 is 24.0 Å². The van der Waals surface area contributed by atoms with E-state index in [0.29, 0.717) is 19.2 Å². The van der Waals surface area contributed by atoms with E-state index in [4.69, 9.17) is 4.74 Å². The number of nitrogens with zero attached hydrogens (tertiary/aromatic N) is 1. The van der Waals surface area contributed by atoms with Crippen LogP contribution in [0.25, 0.3) is 0 Å². The number of halogens is 1. The first kappa shape index (κ1) is 20.9. The van der Waals surface area contributed by atoms with Crippen molar-refractivity contribution in [1.29, 1.82) is 0 Å². The molecule has 1 aliphatic rings. The van der Waals surface area contributed by atoms with Crippen molar-refractivity contribution in [2.45, 2.75) is 64.5 Å².